The minimum atomic E-state index is -4.04. The molecule has 1 saturated carbocycles. The third kappa shape index (κ3) is 5.13. The summed E-state index contributed by atoms with van der Waals surface area (Å²) in [6, 6.07) is 0. The lowest BCUT2D eigenvalue weighted by atomic mass is 10.1. The van der Waals surface area contributed by atoms with Gasteiger partial charge in [-0.15, -0.1) is 0 Å². The van der Waals surface area contributed by atoms with Crippen LogP contribution in [0.2, 0.25) is 0 Å². The molecule has 0 bridgehead atoms. The Morgan fingerprint density at radius 3 is 2.31 bits per heavy atom. The van der Waals surface area contributed by atoms with Crippen LogP contribution in [0.4, 0.5) is 13.2 Å². The maximum Gasteiger partial charge on any atom is 0.389 e. The Kier molecular flexibility index (Phi) is 3.59. The van der Waals surface area contributed by atoms with Crippen molar-refractivity contribution in [3.8, 4) is 0 Å². The summed E-state index contributed by atoms with van der Waals surface area (Å²) in [5.41, 5.74) is 0. The van der Waals surface area contributed by atoms with Crippen LogP contribution in [0.15, 0.2) is 0 Å². The number of halogens is 3. The van der Waals surface area contributed by atoms with Crippen LogP contribution < -0.4 is 0 Å². The second-order valence-corrected chi connectivity index (χ2v) is 3.77. The number of hydrogen-bond acceptors (Lipinski definition) is 1. The first-order valence-electron chi connectivity index (χ1n) is 4.74. The van der Waals surface area contributed by atoms with Crippen molar-refractivity contribution in [3.05, 3.63) is 0 Å². The molecule has 1 aliphatic carbocycles. The molecule has 4 heteroatoms. The quantitative estimate of drug-likeness (QED) is 0.670. The van der Waals surface area contributed by atoms with Crippen molar-refractivity contribution in [2.24, 2.45) is 5.92 Å². The van der Waals surface area contributed by atoms with Gasteiger partial charge < -0.3 is 5.11 Å². The molecule has 0 aromatic rings. The number of aliphatic hydroxyl groups is 1. The smallest absolute Gasteiger partial charge is 0.389 e. The van der Waals surface area contributed by atoms with Gasteiger partial charge in [0.1, 0.15) is 0 Å². The Labute approximate surface area is 75.9 Å². The van der Waals surface area contributed by atoms with Gasteiger partial charge in [0.25, 0.3) is 0 Å². The normalized spacial score (nSPS) is 20.3. The molecular formula is C9H15F3O. The summed E-state index contributed by atoms with van der Waals surface area (Å²) < 4.78 is 35.1. The maximum absolute atomic E-state index is 11.7. The van der Waals surface area contributed by atoms with Gasteiger partial charge in [-0.2, -0.15) is 13.2 Å². The van der Waals surface area contributed by atoms with E-state index in [0.717, 1.165) is 12.8 Å². The van der Waals surface area contributed by atoms with Crippen LogP contribution in [0.25, 0.3) is 0 Å². The average Bonchev–Trinajstić information content (AvgIpc) is 2.77. The molecule has 0 aliphatic heterocycles. The molecule has 78 valence electrons. The van der Waals surface area contributed by atoms with E-state index < -0.39 is 12.6 Å². The second kappa shape index (κ2) is 4.31. The first-order chi connectivity index (χ1) is 5.99. The molecule has 0 aromatic carbocycles. The van der Waals surface area contributed by atoms with Crippen LogP contribution in [-0.2, 0) is 0 Å². The number of alkyl halides is 3. The molecule has 1 nitrogen and oxygen atoms in total. The molecule has 0 heterocycles. The zero-order chi connectivity index (χ0) is 9.90. The Morgan fingerprint density at radius 1 is 1.23 bits per heavy atom. The van der Waals surface area contributed by atoms with Crippen molar-refractivity contribution in [1.82, 2.24) is 0 Å². The van der Waals surface area contributed by atoms with E-state index in [1.54, 1.807) is 0 Å². The molecule has 1 N–H and O–H groups in total. The summed E-state index contributed by atoms with van der Waals surface area (Å²) in [6.45, 7) is 0. The molecule has 1 unspecified atom stereocenters. The Bertz CT molecular complexity index is 151. The van der Waals surface area contributed by atoms with Crippen molar-refractivity contribution in [2.75, 3.05) is 0 Å². The van der Waals surface area contributed by atoms with E-state index in [9.17, 15) is 18.3 Å². The van der Waals surface area contributed by atoms with Gasteiger partial charge in [0, 0.05) is 6.42 Å². The number of aliphatic hydroxyl groups excluding tert-OH is 1. The zero-order valence-electron chi connectivity index (χ0n) is 7.48. The van der Waals surface area contributed by atoms with Crippen molar-refractivity contribution >= 4 is 0 Å². The number of hydrogen-bond donors (Lipinski definition) is 1. The van der Waals surface area contributed by atoms with Crippen LogP contribution >= 0.6 is 0 Å². The largest absolute Gasteiger partial charge is 0.393 e. The molecule has 1 atom stereocenters. The van der Waals surface area contributed by atoms with E-state index in [1.165, 1.54) is 0 Å². The third-order valence-corrected chi connectivity index (χ3v) is 2.38. The summed E-state index contributed by atoms with van der Waals surface area (Å²) in [4.78, 5) is 0. The highest BCUT2D eigenvalue weighted by Crippen LogP contribution is 2.34. The standard InChI is InChI=1S/C9H15F3O/c10-9(11,12)6-2-1-3-8(13)7-4-5-7/h7-8,13H,1-6H2. The van der Waals surface area contributed by atoms with Crippen molar-refractivity contribution < 1.29 is 18.3 Å². The maximum atomic E-state index is 11.7. The molecule has 0 spiro atoms. The lowest BCUT2D eigenvalue weighted by molar-refractivity contribution is -0.135. The summed E-state index contributed by atoms with van der Waals surface area (Å²) >= 11 is 0. The Balaban J connectivity index is 1.94. The molecule has 0 radical (unpaired) electrons. The highest BCUT2D eigenvalue weighted by atomic mass is 19.4. The highest BCUT2D eigenvalue weighted by molar-refractivity contribution is 4.80. The van der Waals surface area contributed by atoms with Gasteiger partial charge in [0.05, 0.1) is 6.10 Å². The van der Waals surface area contributed by atoms with Crippen LogP contribution in [0, 0.1) is 5.92 Å². The predicted molar refractivity (Wildman–Crippen MR) is 43.3 cm³/mol. The number of unbranched alkanes of at least 4 members (excludes halogenated alkanes) is 1. The van der Waals surface area contributed by atoms with Crippen LogP contribution in [0.3, 0.4) is 0 Å². The van der Waals surface area contributed by atoms with E-state index in [-0.39, 0.29) is 12.5 Å². The molecule has 13 heavy (non-hydrogen) atoms. The molecule has 0 aromatic heterocycles. The monoisotopic (exact) mass is 196 g/mol. The van der Waals surface area contributed by atoms with Crippen LogP contribution in [-0.4, -0.2) is 17.4 Å². The van der Waals surface area contributed by atoms with Gasteiger partial charge in [-0.3, -0.25) is 0 Å². The van der Waals surface area contributed by atoms with E-state index >= 15 is 0 Å². The SMILES string of the molecule is OC(CCCCC(F)(F)F)C1CC1. The van der Waals surface area contributed by atoms with Crippen molar-refractivity contribution in [2.45, 2.75) is 50.8 Å². The fourth-order valence-corrected chi connectivity index (χ4v) is 1.40. The number of rotatable bonds is 5. The van der Waals surface area contributed by atoms with E-state index in [0.29, 0.717) is 18.8 Å². The second-order valence-electron chi connectivity index (χ2n) is 3.77. The molecule has 1 fully saturated rings. The minimum Gasteiger partial charge on any atom is -0.393 e. The van der Waals surface area contributed by atoms with Crippen LogP contribution in [0.5, 0.6) is 0 Å². The minimum absolute atomic E-state index is 0.146. The topological polar surface area (TPSA) is 20.2 Å². The summed E-state index contributed by atoms with van der Waals surface area (Å²) in [6.07, 6.45) is -1.87. The first-order valence-corrected chi connectivity index (χ1v) is 4.74. The summed E-state index contributed by atoms with van der Waals surface area (Å²) in [7, 11) is 0. The van der Waals surface area contributed by atoms with Gasteiger partial charge in [-0.05, 0) is 31.6 Å². The molecule has 0 saturated heterocycles. The average molecular weight is 196 g/mol. The zero-order valence-corrected chi connectivity index (χ0v) is 7.48. The predicted octanol–water partition coefficient (Wildman–Crippen LogP) is 2.88. The fourth-order valence-electron chi connectivity index (χ4n) is 1.40. The van der Waals surface area contributed by atoms with Crippen LogP contribution in [0.1, 0.15) is 38.5 Å². The van der Waals surface area contributed by atoms with Gasteiger partial charge in [-0.1, -0.05) is 6.42 Å². The van der Waals surface area contributed by atoms with E-state index in [4.69, 9.17) is 0 Å². The fraction of sp³-hybridized carbons (Fsp3) is 1.00. The first kappa shape index (κ1) is 10.8. The van der Waals surface area contributed by atoms with E-state index in [1.807, 2.05) is 0 Å². The molecule has 1 rings (SSSR count). The lowest BCUT2D eigenvalue weighted by Gasteiger charge is -2.09. The highest BCUT2D eigenvalue weighted by Gasteiger charge is 2.30. The Morgan fingerprint density at radius 2 is 1.85 bits per heavy atom. The molecule has 0 amide bonds. The molecule has 1 aliphatic rings. The van der Waals surface area contributed by atoms with E-state index in [2.05, 4.69) is 0 Å². The van der Waals surface area contributed by atoms with Crippen molar-refractivity contribution in [3.63, 3.8) is 0 Å². The van der Waals surface area contributed by atoms with Crippen molar-refractivity contribution in [1.29, 1.82) is 0 Å². The Hall–Kier alpha value is -0.250. The summed E-state index contributed by atoms with van der Waals surface area (Å²) in [5, 5.41) is 9.34. The summed E-state index contributed by atoms with van der Waals surface area (Å²) in [5.74, 6) is 0.380. The van der Waals surface area contributed by atoms with Gasteiger partial charge in [0.2, 0.25) is 0 Å². The van der Waals surface area contributed by atoms with Gasteiger partial charge >= 0.3 is 6.18 Å². The third-order valence-electron chi connectivity index (χ3n) is 2.38. The molecular weight excluding hydrogens is 181 g/mol. The lowest BCUT2D eigenvalue weighted by Crippen LogP contribution is -2.10. The van der Waals surface area contributed by atoms with Gasteiger partial charge in [0.15, 0.2) is 0 Å². The van der Waals surface area contributed by atoms with Gasteiger partial charge in [-0.25, -0.2) is 0 Å².